The standard InChI is InChI=1S/C19H25F5O2/c1-2-3-4-5-6-7-8-9-10-11-12-26-19(25)13-14(20)16(22)18(24)17(23)15(13)21/h2-12H2,1H3. The van der Waals surface area contributed by atoms with Gasteiger partial charge in [0.2, 0.25) is 5.82 Å². The molecule has 0 saturated carbocycles. The number of unbranched alkanes of at least 4 members (excludes halogenated alkanes) is 9. The summed E-state index contributed by atoms with van der Waals surface area (Å²) >= 11 is 0. The third-order valence-corrected chi connectivity index (χ3v) is 4.14. The third kappa shape index (κ3) is 6.57. The largest absolute Gasteiger partial charge is 0.462 e. The number of ether oxygens (including phenoxy) is 1. The predicted octanol–water partition coefficient (Wildman–Crippen LogP) is 6.46. The molecule has 1 rings (SSSR count). The normalized spacial score (nSPS) is 11.0. The smallest absolute Gasteiger partial charge is 0.344 e. The van der Waals surface area contributed by atoms with Gasteiger partial charge in [0.1, 0.15) is 5.56 Å². The number of hydrogen-bond donors (Lipinski definition) is 0. The Morgan fingerprint density at radius 1 is 0.654 bits per heavy atom. The van der Waals surface area contributed by atoms with Crippen LogP contribution in [0.4, 0.5) is 22.0 Å². The molecular formula is C19H25F5O2. The van der Waals surface area contributed by atoms with Crippen molar-refractivity contribution in [1.29, 1.82) is 0 Å². The van der Waals surface area contributed by atoms with Crippen LogP contribution in [0.15, 0.2) is 0 Å². The van der Waals surface area contributed by atoms with E-state index in [4.69, 9.17) is 0 Å². The van der Waals surface area contributed by atoms with Crippen molar-refractivity contribution in [3.63, 3.8) is 0 Å². The summed E-state index contributed by atoms with van der Waals surface area (Å²) in [5, 5.41) is 0. The van der Waals surface area contributed by atoms with E-state index in [2.05, 4.69) is 11.7 Å². The van der Waals surface area contributed by atoms with Crippen LogP contribution in [0.5, 0.6) is 0 Å². The van der Waals surface area contributed by atoms with Gasteiger partial charge in [-0.15, -0.1) is 0 Å². The van der Waals surface area contributed by atoms with E-state index in [1.165, 1.54) is 32.1 Å². The van der Waals surface area contributed by atoms with Crippen molar-refractivity contribution in [2.45, 2.75) is 71.1 Å². The summed E-state index contributed by atoms with van der Waals surface area (Å²) in [5.74, 6) is -12.5. The highest BCUT2D eigenvalue weighted by Gasteiger charge is 2.30. The van der Waals surface area contributed by atoms with Crippen LogP contribution in [0, 0.1) is 29.1 Å². The molecule has 0 atom stereocenters. The minimum atomic E-state index is -2.30. The first-order valence-electron chi connectivity index (χ1n) is 9.10. The Bertz CT molecular complexity index is 561. The summed E-state index contributed by atoms with van der Waals surface area (Å²) in [6.07, 6.45) is 10.5. The van der Waals surface area contributed by atoms with Gasteiger partial charge in [0.15, 0.2) is 23.3 Å². The van der Waals surface area contributed by atoms with Crippen LogP contribution in [0.25, 0.3) is 0 Å². The van der Waals surface area contributed by atoms with Crippen LogP contribution in [0.1, 0.15) is 81.5 Å². The average Bonchev–Trinajstić information content (AvgIpc) is 2.63. The van der Waals surface area contributed by atoms with Gasteiger partial charge in [-0.1, -0.05) is 64.7 Å². The van der Waals surface area contributed by atoms with E-state index in [1.54, 1.807) is 0 Å². The van der Waals surface area contributed by atoms with E-state index < -0.39 is 40.6 Å². The molecule has 7 heteroatoms. The number of benzene rings is 1. The average molecular weight is 380 g/mol. The van der Waals surface area contributed by atoms with Crippen molar-refractivity contribution in [2.24, 2.45) is 0 Å². The summed E-state index contributed by atoms with van der Waals surface area (Å²) in [5.41, 5.74) is -1.55. The monoisotopic (exact) mass is 380 g/mol. The second kappa shape index (κ2) is 11.9. The summed E-state index contributed by atoms with van der Waals surface area (Å²) in [7, 11) is 0. The highest BCUT2D eigenvalue weighted by atomic mass is 19.2. The zero-order chi connectivity index (χ0) is 19.5. The molecule has 0 aromatic heterocycles. The van der Waals surface area contributed by atoms with Gasteiger partial charge in [0, 0.05) is 0 Å². The molecule has 0 unspecified atom stereocenters. The molecule has 0 aliphatic rings. The van der Waals surface area contributed by atoms with Crippen molar-refractivity contribution >= 4 is 5.97 Å². The zero-order valence-electron chi connectivity index (χ0n) is 15.0. The Balaban J connectivity index is 2.28. The van der Waals surface area contributed by atoms with Gasteiger partial charge in [-0.3, -0.25) is 0 Å². The van der Waals surface area contributed by atoms with Gasteiger partial charge < -0.3 is 4.74 Å². The van der Waals surface area contributed by atoms with E-state index >= 15 is 0 Å². The maximum atomic E-state index is 13.5. The van der Waals surface area contributed by atoms with Gasteiger partial charge in [-0.25, -0.2) is 26.7 Å². The zero-order valence-corrected chi connectivity index (χ0v) is 15.0. The molecule has 0 amide bonds. The minimum Gasteiger partial charge on any atom is -0.462 e. The Labute approximate surface area is 150 Å². The fourth-order valence-electron chi connectivity index (χ4n) is 2.61. The summed E-state index contributed by atoms with van der Waals surface area (Å²) < 4.78 is 70.6. The molecule has 0 heterocycles. The van der Waals surface area contributed by atoms with Crippen molar-refractivity contribution in [1.82, 2.24) is 0 Å². The van der Waals surface area contributed by atoms with E-state index in [0.717, 1.165) is 25.7 Å². The van der Waals surface area contributed by atoms with Crippen LogP contribution in [0.2, 0.25) is 0 Å². The quantitative estimate of drug-likeness (QED) is 0.137. The molecule has 0 aliphatic heterocycles. The van der Waals surface area contributed by atoms with Crippen molar-refractivity contribution in [3.8, 4) is 0 Å². The minimum absolute atomic E-state index is 0.130. The van der Waals surface area contributed by atoms with Gasteiger partial charge >= 0.3 is 5.97 Å². The molecule has 148 valence electrons. The lowest BCUT2D eigenvalue weighted by Gasteiger charge is -2.08. The Morgan fingerprint density at radius 2 is 1.04 bits per heavy atom. The second-order valence-corrected chi connectivity index (χ2v) is 6.26. The fraction of sp³-hybridized carbons (Fsp3) is 0.632. The Kier molecular flexibility index (Phi) is 10.2. The Morgan fingerprint density at radius 3 is 1.50 bits per heavy atom. The van der Waals surface area contributed by atoms with Crippen LogP contribution < -0.4 is 0 Å². The maximum Gasteiger partial charge on any atom is 0.344 e. The first-order chi connectivity index (χ1) is 12.4. The van der Waals surface area contributed by atoms with Gasteiger partial charge in [-0.05, 0) is 6.42 Å². The van der Waals surface area contributed by atoms with E-state index in [1.807, 2.05) is 0 Å². The van der Waals surface area contributed by atoms with Crippen LogP contribution in [-0.2, 0) is 4.74 Å². The van der Waals surface area contributed by atoms with Crippen molar-refractivity contribution < 1.29 is 31.5 Å². The van der Waals surface area contributed by atoms with E-state index in [9.17, 15) is 26.7 Å². The van der Waals surface area contributed by atoms with Crippen LogP contribution in [-0.4, -0.2) is 12.6 Å². The molecule has 1 aromatic rings. The molecule has 0 saturated heterocycles. The number of rotatable bonds is 12. The summed E-state index contributed by atoms with van der Waals surface area (Å²) in [4.78, 5) is 11.6. The van der Waals surface area contributed by atoms with Crippen molar-refractivity contribution in [2.75, 3.05) is 6.61 Å². The first-order valence-corrected chi connectivity index (χ1v) is 9.10. The molecule has 0 radical (unpaired) electrons. The molecule has 0 N–H and O–H groups in total. The van der Waals surface area contributed by atoms with Crippen molar-refractivity contribution in [3.05, 3.63) is 34.6 Å². The number of carbonyl (C=O) groups excluding carboxylic acids is 1. The van der Waals surface area contributed by atoms with Gasteiger partial charge in [0.25, 0.3) is 0 Å². The molecule has 0 fully saturated rings. The van der Waals surface area contributed by atoms with Crippen LogP contribution >= 0.6 is 0 Å². The number of hydrogen-bond acceptors (Lipinski definition) is 2. The lowest BCUT2D eigenvalue weighted by Crippen LogP contribution is -2.15. The van der Waals surface area contributed by atoms with Gasteiger partial charge in [-0.2, -0.15) is 0 Å². The highest BCUT2D eigenvalue weighted by molar-refractivity contribution is 5.90. The maximum absolute atomic E-state index is 13.5. The Hall–Kier alpha value is -1.66. The van der Waals surface area contributed by atoms with E-state index in [0.29, 0.717) is 6.42 Å². The molecule has 1 aromatic carbocycles. The lowest BCUT2D eigenvalue weighted by atomic mass is 10.1. The lowest BCUT2D eigenvalue weighted by molar-refractivity contribution is 0.0483. The highest BCUT2D eigenvalue weighted by Crippen LogP contribution is 2.23. The molecule has 0 spiro atoms. The number of halogens is 5. The first kappa shape index (κ1) is 22.4. The molecule has 26 heavy (non-hydrogen) atoms. The summed E-state index contributed by atoms with van der Waals surface area (Å²) in [6, 6.07) is 0. The van der Waals surface area contributed by atoms with Gasteiger partial charge in [0.05, 0.1) is 6.61 Å². The SMILES string of the molecule is CCCCCCCCCCCCOC(=O)c1c(F)c(F)c(F)c(F)c1F. The third-order valence-electron chi connectivity index (χ3n) is 4.14. The topological polar surface area (TPSA) is 26.3 Å². The second-order valence-electron chi connectivity index (χ2n) is 6.26. The predicted molar refractivity (Wildman–Crippen MR) is 88.4 cm³/mol. The molecular weight excluding hydrogens is 355 g/mol. The molecule has 2 nitrogen and oxygen atoms in total. The number of carbonyl (C=O) groups is 1. The molecule has 0 aliphatic carbocycles. The molecule has 0 bridgehead atoms. The number of esters is 1. The summed E-state index contributed by atoms with van der Waals surface area (Å²) in [6.45, 7) is 2.04. The van der Waals surface area contributed by atoms with E-state index in [-0.39, 0.29) is 6.61 Å². The fourth-order valence-corrected chi connectivity index (χ4v) is 2.61. The van der Waals surface area contributed by atoms with Crippen LogP contribution in [0.3, 0.4) is 0 Å².